The Labute approximate surface area is 129 Å². The van der Waals surface area contributed by atoms with E-state index in [1.54, 1.807) is 12.4 Å². The number of amides is 1. The third-order valence-electron chi connectivity index (χ3n) is 3.76. The van der Waals surface area contributed by atoms with Crippen molar-refractivity contribution in [1.29, 1.82) is 0 Å². The van der Waals surface area contributed by atoms with E-state index in [0.717, 1.165) is 25.1 Å². The number of hydrogen-bond donors (Lipinski definition) is 3. The van der Waals surface area contributed by atoms with Gasteiger partial charge in [0.25, 0.3) is 5.91 Å². The molecular formula is C16H20N4O2. The Kier molecular flexibility index (Phi) is 4.82. The molecule has 1 fully saturated rings. The third-order valence-corrected chi connectivity index (χ3v) is 3.76. The van der Waals surface area contributed by atoms with Crippen LogP contribution in [0.25, 0.3) is 0 Å². The molecule has 3 N–H and O–H groups in total. The third kappa shape index (κ3) is 3.72. The maximum atomic E-state index is 12.1. The van der Waals surface area contributed by atoms with Gasteiger partial charge in [-0.1, -0.05) is 30.3 Å². The number of imidazole rings is 1. The Morgan fingerprint density at radius 2 is 2.23 bits per heavy atom. The molecule has 6 nitrogen and oxygen atoms in total. The molecular weight excluding hydrogens is 280 g/mol. The molecule has 22 heavy (non-hydrogen) atoms. The number of aromatic nitrogens is 2. The van der Waals surface area contributed by atoms with Crippen LogP contribution in [0.1, 0.15) is 22.6 Å². The zero-order chi connectivity index (χ0) is 15.2. The largest absolute Gasteiger partial charge is 0.370 e. The van der Waals surface area contributed by atoms with Crippen molar-refractivity contribution >= 4 is 5.91 Å². The van der Waals surface area contributed by atoms with Gasteiger partial charge in [-0.2, -0.15) is 0 Å². The monoisotopic (exact) mass is 300 g/mol. The number of aromatic amines is 1. The fourth-order valence-electron chi connectivity index (χ4n) is 2.57. The van der Waals surface area contributed by atoms with Crippen LogP contribution in [-0.2, 0) is 11.3 Å². The van der Waals surface area contributed by atoms with Crippen LogP contribution in [0.15, 0.2) is 42.7 Å². The highest BCUT2D eigenvalue weighted by atomic mass is 16.5. The highest BCUT2D eigenvalue weighted by Crippen LogP contribution is 2.12. The molecule has 1 aromatic heterocycles. The van der Waals surface area contributed by atoms with Crippen molar-refractivity contribution in [2.45, 2.75) is 25.2 Å². The van der Waals surface area contributed by atoms with Gasteiger partial charge < -0.3 is 20.4 Å². The first-order chi connectivity index (χ1) is 10.8. The molecule has 0 unspecified atom stereocenters. The summed E-state index contributed by atoms with van der Waals surface area (Å²) in [5.74, 6) is 0.144. The van der Waals surface area contributed by atoms with Crippen LogP contribution in [0.5, 0.6) is 0 Å². The lowest BCUT2D eigenvalue weighted by molar-refractivity contribution is 0.00351. The summed E-state index contributed by atoms with van der Waals surface area (Å²) in [5.41, 5.74) is 1.13. The number of nitrogens with zero attached hydrogens (tertiary/aromatic N) is 1. The molecule has 2 heterocycles. The van der Waals surface area contributed by atoms with E-state index in [4.69, 9.17) is 4.74 Å². The first-order valence-corrected chi connectivity index (χ1v) is 7.49. The van der Waals surface area contributed by atoms with Crippen LogP contribution in [0.3, 0.4) is 0 Å². The van der Waals surface area contributed by atoms with Crippen molar-refractivity contribution in [3.05, 3.63) is 54.1 Å². The van der Waals surface area contributed by atoms with Crippen molar-refractivity contribution in [3.8, 4) is 0 Å². The highest BCUT2D eigenvalue weighted by Gasteiger charge is 2.27. The minimum atomic E-state index is -0.190. The number of piperidine rings is 1. The van der Waals surface area contributed by atoms with Gasteiger partial charge in [-0.15, -0.1) is 0 Å². The Morgan fingerprint density at radius 3 is 3.00 bits per heavy atom. The highest BCUT2D eigenvalue weighted by molar-refractivity contribution is 5.90. The molecule has 116 valence electrons. The summed E-state index contributed by atoms with van der Waals surface area (Å²) in [4.78, 5) is 18.9. The number of ether oxygens (including phenoxy) is 1. The standard InChI is InChI=1S/C16H20N4O2/c21-16(15-18-8-9-19-15)20-13-6-7-17-10-14(13)22-11-12-4-2-1-3-5-12/h1-5,8-9,13-14,17H,6-7,10-11H2,(H,18,19)(H,20,21)/t13-,14+/m0/s1. The Bertz CT molecular complexity index is 585. The summed E-state index contributed by atoms with van der Waals surface area (Å²) >= 11 is 0. The van der Waals surface area contributed by atoms with Crippen LogP contribution < -0.4 is 10.6 Å². The predicted octanol–water partition coefficient (Wildman–Crippen LogP) is 1.09. The second-order valence-electron chi connectivity index (χ2n) is 5.35. The van der Waals surface area contributed by atoms with Crippen LogP contribution >= 0.6 is 0 Å². The first-order valence-electron chi connectivity index (χ1n) is 7.49. The van der Waals surface area contributed by atoms with Gasteiger partial charge in [0.15, 0.2) is 5.82 Å². The maximum Gasteiger partial charge on any atom is 0.287 e. The molecule has 0 aliphatic carbocycles. The molecule has 1 saturated heterocycles. The van der Waals surface area contributed by atoms with Gasteiger partial charge in [0.05, 0.1) is 18.8 Å². The molecule has 2 atom stereocenters. The van der Waals surface area contributed by atoms with Gasteiger partial charge in [0.1, 0.15) is 0 Å². The van der Waals surface area contributed by atoms with Crippen LogP contribution in [-0.4, -0.2) is 41.1 Å². The maximum absolute atomic E-state index is 12.1. The molecule has 1 aromatic carbocycles. The zero-order valence-electron chi connectivity index (χ0n) is 12.3. The van der Waals surface area contributed by atoms with Crippen LogP contribution in [0.4, 0.5) is 0 Å². The molecule has 0 spiro atoms. The normalized spacial score (nSPS) is 21.5. The molecule has 6 heteroatoms. The summed E-state index contributed by atoms with van der Waals surface area (Å²) in [5, 5.41) is 6.32. The molecule has 0 bridgehead atoms. The average Bonchev–Trinajstić information content (AvgIpc) is 3.10. The summed E-state index contributed by atoms with van der Waals surface area (Å²) in [6.07, 6.45) is 4.00. The van der Waals surface area contributed by atoms with Gasteiger partial charge >= 0.3 is 0 Å². The van der Waals surface area contributed by atoms with E-state index in [9.17, 15) is 4.79 Å². The van der Waals surface area contributed by atoms with Gasteiger partial charge in [-0.25, -0.2) is 4.98 Å². The molecule has 0 saturated carbocycles. The number of carbonyl (C=O) groups is 1. The van der Waals surface area contributed by atoms with Crippen molar-refractivity contribution < 1.29 is 9.53 Å². The van der Waals surface area contributed by atoms with Gasteiger partial charge in [0, 0.05) is 18.9 Å². The number of hydrogen-bond acceptors (Lipinski definition) is 4. The smallest absolute Gasteiger partial charge is 0.287 e. The minimum Gasteiger partial charge on any atom is -0.370 e. The Morgan fingerprint density at radius 1 is 1.36 bits per heavy atom. The summed E-state index contributed by atoms with van der Waals surface area (Å²) in [6.45, 7) is 2.14. The van der Waals surface area contributed by atoms with E-state index in [0.29, 0.717) is 12.4 Å². The van der Waals surface area contributed by atoms with Gasteiger partial charge in [-0.3, -0.25) is 4.79 Å². The van der Waals surface area contributed by atoms with E-state index < -0.39 is 0 Å². The van der Waals surface area contributed by atoms with Crippen molar-refractivity contribution in [1.82, 2.24) is 20.6 Å². The summed E-state index contributed by atoms with van der Waals surface area (Å²) in [7, 11) is 0. The van der Waals surface area contributed by atoms with Gasteiger partial charge in [-0.05, 0) is 18.5 Å². The fraction of sp³-hybridized carbons (Fsp3) is 0.375. The SMILES string of the molecule is O=C(N[C@H]1CCNC[C@H]1OCc1ccccc1)c1ncc[nH]1. The molecule has 0 radical (unpaired) electrons. The lowest BCUT2D eigenvalue weighted by atomic mass is 10.0. The number of carbonyl (C=O) groups excluding carboxylic acids is 1. The molecule has 1 aliphatic rings. The number of nitrogens with one attached hydrogen (secondary N) is 3. The van der Waals surface area contributed by atoms with Crippen molar-refractivity contribution in [2.24, 2.45) is 0 Å². The Hall–Kier alpha value is -2.18. The van der Waals surface area contributed by atoms with Crippen molar-refractivity contribution in [3.63, 3.8) is 0 Å². The van der Waals surface area contributed by atoms with E-state index in [1.165, 1.54) is 0 Å². The summed E-state index contributed by atoms with van der Waals surface area (Å²) < 4.78 is 5.99. The number of rotatable bonds is 5. The number of benzene rings is 1. The molecule has 1 amide bonds. The van der Waals surface area contributed by atoms with Crippen molar-refractivity contribution in [2.75, 3.05) is 13.1 Å². The fourth-order valence-corrected chi connectivity index (χ4v) is 2.57. The summed E-state index contributed by atoms with van der Waals surface area (Å²) in [6, 6.07) is 10.0. The average molecular weight is 300 g/mol. The number of H-pyrrole nitrogens is 1. The minimum absolute atomic E-state index is 0.0115. The van der Waals surface area contributed by atoms with E-state index in [2.05, 4.69) is 20.6 Å². The van der Waals surface area contributed by atoms with E-state index >= 15 is 0 Å². The first kappa shape index (κ1) is 14.7. The zero-order valence-corrected chi connectivity index (χ0v) is 12.3. The lowest BCUT2D eigenvalue weighted by Crippen LogP contribution is -2.53. The molecule has 3 rings (SSSR count). The van der Waals surface area contributed by atoms with E-state index in [-0.39, 0.29) is 18.1 Å². The second-order valence-corrected chi connectivity index (χ2v) is 5.35. The van der Waals surface area contributed by atoms with E-state index in [1.807, 2.05) is 30.3 Å². The quantitative estimate of drug-likeness (QED) is 0.772. The molecule has 1 aliphatic heterocycles. The topological polar surface area (TPSA) is 79.0 Å². The van der Waals surface area contributed by atoms with Gasteiger partial charge in [0.2, 0.25) is 0 Å². The molecule has 2 aromatic rings. The Balaban J connectivity index is 1.57. The van der Waals surface area contributed by atoms with Crippen LogP contribution in [0.2, 0.25) is 0 Å². The lowest BCUT2D eigenvalue weighted by Gasteiger charge is -2.32. The van der Waals surface area contributed by atoms with Crippen LogP contribution in [0, 0.1) is 0 Å². The second kappa shape index (κ2) is 7.20. The predicted molar refractivity (Wildman–Crippen MR) is 82.3 cm³/mol.